The number of carbonyl (C=O) groups excluding carboxylic acids is 1. The van der Waals surface area contributed by atoms with E-state index in [-0.39, 0.29) is 18.1 Å². The summed E-state index contributed by atoms with van der Waals surface area (Å²) in [6.07, 6.45) is 5.26. The van der Waals surface area contributed by atoms with E-state index in [0.29, 0.717) is 12.1 Å². The largest absolute Gasteiger partial charge is 0.493 e. The highest BCUT2D eigenvalue weighted by molar-refractivity contribution is 5.92. The van der Waals surface area contributed by atoms with Crippen LogP contribution < -0.4 is 20.1 Å². The fraction of sp³-hybridized carbons (Fsp3) is 0.375. The van der Waals surface area contributed by atoms with Crippen molar-refractivity contribution < 1.29 is 18.7 Å². The number of aryl methyl sites for hydroxylation is 2. The highest BCUT2D eigenvalue weighted by Gasteiger charge is 2.08. The van der Waals surface area contributed by atoms with Gasteiger partial charge in [-0.15, -0.1) is 6.58 Å². The molecule has 6 heteroatoms. The molecule has 0 aliphatic rings. The van der Waals surface area contributed by atoms with Crippen molar-refractivity contribution in [3.8, 4) is 11.5 Å². The number of ether oxygens (including phenoxy) is 2. The first-order valence-electron chi connectivity index (χ1n) is 10.2. The van der Waals surface area contributed by atoms with E-state index in [1.807, 2.05) is 18.2 Å². The van der Waals surface area contributed by atoms with Gasteiger partial charge in [-0.3, -0.25) is 4.79 Å². The first kappa shape index (κ1) is 23.4. The summed E-state index contributed by atoms with van der Waals surface area (Å²) >= 11 is 0. The molecule has 30 heavy (non-hydrogen) atoms. The molecule has 0 aromatic heterocycles. The van der Waals surface area contributed by atoms with Crippen LogP contribution in [0.25, 0.3) is 0 Å². The van der Waals surface area contributed by atoms with E-state index >= 15 is 0 Å². The minimum Gasteiger partial charge on any atom is -0.493 e. The number of benzene rings is 2. The molecule has 2 aromatic carbocycles. The number of nitrogens with one attached hydrogen (secondary N) is 2. The summed E-state index contributed by atoms with van der Waals surface area (Å²) in [5, 5.41) is 6.24. The van der Waals surface area contributed by atoms with Crippen LogP contribution in [0.2, 0.25) is 0 Å². The number of methoxy groups -OCH3 is 2. The number of hydrogen-bond acceptors (Lipinski definition) is 4. The lowest BCUT2D eigenvalue weighted by atomic mass is 10.1. The fourth-order valence-corrected chi connectivity index (χ4v) is 3.21. The van der Waals surface area contributed by atoms with E-state index in [9.17, 15) is 9.18 Å². The lowest BCUT2D eigenvalue weighted by Gasteiger charge is -2.12. The second-order valence-corrected chi connectivity index (χ2v) is 6.99. The van der Waals surface area contributed by atoms with Crippen molar-refractivity contribution in [3.63, 3.8) is 0 Å². The molecule has 0 radical (unpaired) electrons. The third kappa shape index (κ3) is 7.52. The summed E-state index contributed by atoms with van der Waals surface area (Å²) in [5.74, 6) is 1.03. The summed E-state index contributed by atoms with van der Waals surface area (Å²) in [6.45, 7) is 5.27. The molecule has 0 aliphatic carbocycles. The van der Waals surface area contributed by atoms with Gasteiger partial charge in [0.15, 0.2) is 11.5 Å². The normalized spacial score (nSPS) is 10.5. The molecule has 0 spiro atoms. The summed E-state index contributed by atoms with van der Waals surface area (Å²) in [4.78, 5) is 11.8. The first-order valence-corrected chi connectivity index (χ1v) is 10.2. The lowest BCUT2D eigenvalue weighted by Crippen LogP contribution is -2.18. The van der Waals surface area contributed by atoms with Gasteiger partial charge in [-0.1, -0.05) is 12.1 Å². The number of rotatable bonds is 13. The fourth-order valence-electron chi connectivity index (χ4n) is 3.21. The Labute approximate surface area is 178 Å². The number of anilines is 1. The standard InChI is InChI=1S/C24H31FN2O3/c1-4-7-24(28)27-21-12-11-20(25)17-19(21)9-6-15-26-14-5-8-18-10-13-22(29-2)23(16-18)30-3/h4,10-13,16-17,26H,1,5-9,14-15H2,2-3H3,(H,27,28). The minimum absolute atomic E-state index is 0.147. The van der Waals surface area contributed by atoms with Crippen molar-refractivity contribution >= 4 is 11.6 Å². The Hall–Kier alpha value is -2.86. The van der Waals surface area contributed by atoms with Crippen LogP contribution in [0.1, 0.15) is 30.4 Å². The van der Waals surface area contributed by atoms with Crippen molar-refractivity contribution in [1.82, 2.24) is 5.32 Å². The number of hydrogen-bond donors (Lipinski definition) is 2. The number of amides is 1. The van der Waals surface area contributed by atoms with Crippen molar-refractivity contribution in [1.29, 1.82) is 0 Å². The van der Waals surface area contributed by atoms with E-state index in [2.05, 4.69) is 17.2 Å². The lowest BCUT2D eigenvalue weighted by molar-refractivity contribution is -0.115. The van der Waals surface area contributed by atoms with Crippen LogP contribution in [0.5, 0.6) is 11.5 Å². The molecular weight excluding hydrogens is 383 g/mol. The zero-order valence-electron chi connectivity index (χ0n) is 17.8. The number of carbonyl (C=O) groups is 1. The summed E-state index contributed by atoms with van der Waals surface area (Å²) in [7, 11) is 3.27. The van der Waals surface area contributed by atoms with E-state index in [1.165, 1.54) is 17.7 Å². The Kier molecular flexibility index (Phi) is 9.87. The van der Waals surface area contributed by atoms with Gasteiger partial charge in [0.1, 0.15) is 5.82 Å². The van der Waals surface area contributed by atoms with Gasteiger partial charge >= 0.3 is 0 Å². The van der Waals surface area contributed by atoms with Gasteiger partial charge in [0, 0.05) is 12.1 Å². The molecule has 0 heterocycles. The predicted molar refractivity (Wildman–Crippen MR) is 119 cm³/mol. The van der Waals surface area contributed by atoms with Crippen LogP contribution in [-0.2, 0) is 17.6 Å². The summed E-state index contributed by atoms with van der Waals surface area (Å²) < 4.78 is 24.2. The smallest absolute Gasteiger partial charge is 0.228 e. The second kappa shape index (κ2) is 12.6. The van der Waals surface area contributed by atoms with Gasteiger partial charge in [0.05, 0.1) is 14.2 Å². The maximum atomic E-state index is 13.6. The molecule has 2 rings (SSSR count). The zero-order valence-corrected chi connectivity index (χ0v) is 17.8. The van der Waals surface area contributed by atoms with E-state index < -0.39 is 0 Å². The molecule has 2 aromatic rings. The van der Waals surface area contributed by atoms with Crippen molar-refractivity contribution in [2.24, 2.45) is 0 Å². The first-order chi connectivity index (χ1) is 14.6. The van der Waals surface area contributed by atoms with Gasteiger partial charge in [-0.05, 0) is 80.2 Å². The van der Waals surface area contributed by atoms with Gasteiger partial charge < -0.3 is 20.1 Å². The zero-order chi connectivity index (χ0) is 21.8. The molecule has 0 bridgehead atoms. The van der Waals surface area contributed by atoms with Crippen LogP contribution in [0.15, 0.2) is 49.1 Å². The van der Waals surface area contributed by atoms with Crippen LogP contribution in [0.4, 0.5) is 10.1 Å². The van der Waals surface area contributed by atoms with Crippen LogP contribution in [-0.4, -0.2) is 33.2 Å². The Morgan fingerprint density at radius 3 is 2.47 bits per heavy atom. The van der Waals surface area contributed by atoms with Crippen LogP contribution in [0, 0.1) is 5.82 Å². The van der Waals surface area contributed by atoms with Crippen molar-refractivity contribution in [2.75, 3.05) is 32.6 Å². The monoisotopic (exact) mass is 414 g/mol. The molecule has 1 amide bonds. The minimum atomic E-state index is -0.297. The average molecular weight is 415 g/mol. The van der Waals surface area contributed by atoms with Crippen molar-refractivity contribution in [2.45, 2.75) is 32.1 Å². The Balaban J connectivity index is 1.72. The van der Waals surface area contributed by atoms with Gasteiger partial charge in [0.25, 0.3) is 0 Å². The van der Waals surface area contributed by atoms with Crippen LogP contribution in [0.3, 0.4) is 0 Å². The predicted octanol–water partition coefficient (Wildman–Crippen LogP) is 4.51. The molecule has 0 fully saturated rings. The van der Waals surface area contributed by atoms with E-state index in [4.69, 9.17) is 9.47 Å². The highest BCUT2D eigenvalue weighted by atomic mass is 19.1. The van der Waals surface area contributed by atoms with Gasteiger partial charge in [-0.25, -0.2) is 4.39 Å². The third-order valence-electron chi connectivity index (χ3n) is 4.74. The van der Waals surface area contributed by atoms with E-state index in [0.717, 1.165) is 49.4 Å². The second-order valence-electron chi connectivity index (χ2n) is 6.99. The molecular formula is C24H31FN2O3. The molecule has 2 N–H and O–H groups in total. The Morgan fingerprint density at radius 1 is 1.03 bits per heavy atom. The SMILES string of the molecule is C=CCC(=O)Nc1ccc(F)cc1CCCNCCCc1ccc(OC)c(OC)c1. The maximum Gasteiger partial charge on any atom is 0.228 e. The van der Waals surface area contributed by atoms with Gasteiger partial charge in [0.2, 0.25) is 5.91 Å². The highest BCUT2D eigenvalue weighted by Crippen LogP contribution is 2.27. The quantitative estimate of drug-likeness (QED) is 0.374. The molecule has 0 aliphatic heterocycles. The Morgan fingerprint density at radius 2 is 1.77 bits per heavy atom. The maximum absolute atomic E-state index is 13.6. The average Bonchev–Trinajstić information content (AvgIpc) is 2.74. The van der Waals surface area contributed by atoms with Crippen LogP contribution >= 0.6 is 0 Å². The molecule has 0 saturated carbocycles. The molecule has 0 atom stereocenters. The van der Waals surface area contributed by atoms with Crippen molar-refractivity contribution in [3.05, 3.63) is 66.0 Å². The third-order valence-corrected chi connectivity index (χ3v) is 4.74. The van der Waals surface area contributed by atoms with E-state index in [1.54, 1.807) is 26.4 Å². The van der Waals surface area contributed by atoms with Gasteiger partial charge in [-0.2, -0.15) is 0 Å². The summed E-state index contributed by atoms with van der Waals surface area (Å²) in [6, 6.07) is 10.4. The number of halogens is 1. The summed E-state index contributed by atoms with van der Waals surface area (Å²) in [5.41, 5.74) is 2.67. The topological polar surface area (TPSA) is 59.6 Å². The molecule has 0 unspecified atom stereocenters. The Bertz CT molecular complexity index is 839. The molecule has 0 saturated heterocycles. The molecule has 162 valence electrons. The molecule has 5 nitrogen and oxygen atoms in total.